The zero-order valence-electron chi connectivity index (χ0n) is 11.6. The Morgan fingerprint density at radius 1 is 1.33 bits per heavy atom. The normalized spacial score (nSPS) is 10.6. The number of ether oxygens (including phenoxy) is 1. The minimum atomic E-state index is -0.423. The van der Waals surface area contributed by atoms with Crippen molar-refractivity contribution in [2.24, 2.45) is 0 Å². The number of para-hydroxylation sites is 1. The summed E-state index contributed by atoms with van der Waals surface area (Å²) in [5.41, 5.74) is 2.12. The highest BCUT2D eigenvalue weighted by molar-refractivity contribution is 7.15. The molecular formula is C15H13N3O2S. The Bertz CT molecular complexity index is 814. The molecule has 21 heavy (non-hydrogen) atoms. The van der Waals surface area contributed by atoms with Crippen molar-refractivity contribution in [3.63, 3.8) is 0 Å². The Kier molecular flexibility index (Phi) is 3.53. The fourth-order valence-electron chi connectivity index (χ4n) is 2.00. The number of esters is 1. The number of anilines is 2. The first-order valence-electron chi connectivity index (χ1n) is 6.35. The van der Waals surface area contributed by atoms with E-state index in [1.54, 1.807) is 6.20 Å². The summed E-state index contributed by atoms with van der Waals surface area (Å²) in [5, 5.41) is 4.86. The van der Waals surface area contributed by atoms with Crippen molar-refractivity contribution in [2.45, 2.75) is 6.92 Å². The minimum Gasteiger partial charge on any atom is -0.464 e. The van der Waals surface area contributed by atoms with Crippen molar-refractivity contribution >= 4 is 39.0 Å². The van der Waals surface area contributed by atoms with Gasteiger partial charge in [0.1, 0.15) is 0 Å². The zero-order valence-corrected chi connectivity index (χ0v) is 12.4. The van der Waals surface area contributed by atoms with E-state index in [1.165, 1.54) is 18.4 Å². The number of nitrogens with zero attached hydrogens (tertiary/aromatic N) is 2. The number of thiazole rings is 1. The Balaban J connectivity index is 1.89. The Labute approximate surface area is 125 Å². The molecule has 0 spiro atoms. The molecule has 1 aromatic carbocycles. The van der Waals surface area contributed by atoms with Gasteiger partial charge in [-0.3, -0.25) is 4.98 Å². The molecule has 0 saturated heterocycles. The molecule has 0 bridgehead atoms. The number of rotatable bonds is 3. The molecule has 2 heterocycles. The average Bonchev–Trinajstić information content (AvgIpc) is 2.87. The number of pyridine rings is 1. The maximum Gasteiger partial charge on any atom is 0.357 e. The Hall–Kier alpha value is -2.47. The second-order valence-corrected chi connectivity index (χ2v) is 5.66. The highest BCUT2D eigenvalue weighted by atomic mass is 32.1. The SMILES string of the molecule is COC(=O)c1nc(Nc2cnc3ccccc3c2)sc1C. The van der Waals surface area contributed by atoms with E-state index in [-0.39, 0.29) is 0 Å². The number of fused-ring (bicyclic) bond motifs is 1. The molecular weight excluding hydrogens is 286 g/mol. The molecule has 0 aliphatic rings. The fraction of sp³-hybridized carbons (Fsp3) is 0.133. The van der Waals surface area contributed by atoms with Crippen molar-refractivity contribution in [1.29, 1.82) is 0 Å². The molecule has 0 saturated carbocycles. The largest absolute Gasteiger partial charge is 0.464 e. The van der Waals surface area contributed by atoms with Gasteiger partial charge in [0, 0.05) is 10.3 Å². The first kappa shape index (κ1) is 13.5. The summed E-state index contributed by atoms with van der Waals surface area (Å²) in [6.07, 6.45) is 1.75. The number of carbonyl (C=O) groups is 1. The van der Waals surface area contributed by atoms with Crippen LogP contribution in [0.2, 0.25) is 0 Å². The van der Waals surface area contributed by atoms with Gasteiger partial charge in [-0.1, -0.05) is 18.2 Å². The Morgan fingerprint density at radius 2 is 2.14 bits per heavy atom. The highest BCUT2D eigenvalue weighted by Crippen LogP contribution is 2.26. The first-order valence-corrected chi connectivity index (χ1v) is 7.16. The predicted octanol–water partition coefficient (Wildman–Crippen LogP) is 3.53. The Morgan fingerprint density at radius 3 is 2.95 bits per heavy atom. The lowest BCUT2D eigenvalue weighted by molar-refractivity contribution is 0.0594. The summed E-state index contributed by atoms with van der Waals surface area (Å²) in [7, 11) is 1.35. The molecule has 106 valence electrons. The lowest BCUT2D eigenvalue weighted by Crippen LogP contribution is -2.03. The van der Waals surface area contributed by atoms with E-state index in [0.717, 1.165) is 21.5 Å². The number of aryl methyl sites for hydroxylation is 1. The number of methoxy groups -OCH3 is 1. The van der Waals surface area contributed by atoms with E-state index < -0.39 is 5.97 Å². The van der Waals surface area contributed by atoms with Gasteiger partial charge < -0.3 is 10.1 Å². The third-order valence-electron chi connectivity index (χ3n) is 3.02. The van der Waals surface area contributed by atoms with E-state index in [1.807, 2.05) is 37.3 Å². The predicted molar refractivity (Wildman–Crippen MR) is 83.2 cm³/mol. The van der Waals surface area contributed by atoms with Gasteiger partial charge in [-0.05, 0) is 19.1 Å². The van der Waals surface area contributed by atoms with Gasteiger partial charge in [0.25, 0.3) is 0 Å². The van der Waals surface area contributed by atoms with Gasteiger partial charge in [-0.15, -0.1) is 11.3 Å². The maximum absolute atomic E-state index is 11.6. The van der Waals surface area contributed by atoms with Crippen LogP contribution in [0.4, 0.5) is 10.8 Å². The van der Waals surface area contributed by atoms with Crippen LogP contribution in [0.3, 0.4) is 0 Å². The van der Waals surface area contributed by atoms with Gasteiger partial charge in [0.15, 0.2) is 10.8 Å². The lowest BCUT2D eigenvalue weighted by Gasteiger charge is -2.03. The van der Waals surface area contributed by atoms with Crippen LogP contribution in [0, 0.1) is 6.92 Å². The minimum absolute atomic E-state index is 0.346. The molecule has 2 aromatic heterocycles. The van der Waals surface area contributed by atoms with Crippen LogP contribution in [0.25, 0.3) is 10.9 Å². The van der Waals surface area contributed by atoms with E-state index >= 15 is 0 Å². The van der Waals surface area contributed by atoms with E-state index in [2.05, 4.69) is 15.3 Å². The third-order valence-corrected chi connectivity index (χ3v) is 3.90. The van der Waals surface area contributed by atoms with Crippen LogP contribution in [0.15, 0.2) is 36.5 Å². The molecule has 1 N–H and O–H groups in total. The zero-order chi connectivity index (χ0) is 14.8. The van der Waals surface area contributed by atoms with Crippen LogP contribution < -0.4 is 5.32 Å². The summed E-state index contributed by atoms with van der Waals surface area (Å²) >= 11 is 1.41. The molecule has 0 aliphatic heterocycles. The van der Waals surface area contributed by atoms with Crippen molar-refractivity contribution in [3.05, 3.63) is 47.1 Å². The number of hydrogen-bond donors (Lipinski definition) is 1. The number of hydrogen-bond acceptors (Lipinski definition) is 6. The van der Waals surface area contributed by atoms with Crippen LogP contribution in [0.1, 0.15) is 15.4 Å². The maximum atomic E-state index is 11.6. The summed E-state index contributed by atoms with van der Waals surface area (Å²) in [6, 6.07) is 9.88. The molecule has 3 aromatic rings. The number of carbonyl (C=O) groups excluding carboxylic acids is 1. The van der Waals surface area contributed by atoms with Gasteiger partial charge >= 0.3 is 5.97 Å². The van der Waals surface area contributed by atoms with E-state index in [0.29, 0.717) is 10.8 Å². The molecule has 0 atom stereocenters. The molecule has 0 aliphatic carbocycles. The van der Waals surface area contributed by atoms with Gasteiger partial charge in [-0.25, -0.2) is 9.78 Å². The third kappa shape index (κ3) is 2.71. The van der Waals surface area contributed by atoms with E-state index in [9.17, 15) is 4.79 Å². The second-order valence-electron chi connectivity index (χ2n) is 4.46. The van der Waals surface area contributed by atoms with Crippen molar-refractivity contribution < 1.29 is 9.53 Å². The number of aromatic nitrogens is 2. The van der Waals surface area contributed by atoms with Crippen LogP contribution in [-0.4, -0.2) is 23.0 Å². The average molecular weight is 299 g/mol. The first-order chi connectivity index (χ1) is 10.2. The summed E-state index contributed by atoms with van der Waals surface area (Å²) in [5.74, 6) is -0.423. The lowest BCUT2D eigenvalue weighted by atomic mass is 10.2. The molecule has 3 rings (SSSR count). The monoisotopic (exact) mass is 299 g/mol. The smallest absolute Gasteiger partial charge is 0.357 e. The summed E-state index contributed by atoms with van der Waals surface area (Å²) < 4.78 is 4.70. The van der Waals surface area contributed by atoms with Crippen LogP contribution >= 0.6 is 11.3 Å². The standard InChI is InChI=1S/C15H13N3O2S/c1-9-13(14(19)20-2)18-15(21-9)17-11-7-10-5-3-4-6-12(10)16-8-11/h3-8H,1-2H3,(H,17,18). The highest BCUT2D eigenvalue weighted by Gasteiger charge is 2.15. The molecule has 0 radical (unpaired) electrons. The van der Waals surface area contributed by atoms with Crippen molar-refractivity contribution in [3.8, 4) is 0 Å². The summed E-state index contributed by atoms with van der Waals surface area (Å²) in [4.78, 5) is 21.0. The molecule has 0 fully saturated rings. The van der Waals surface area contributed by atoms with Crippen LogP contribution in [0.5, 0.6) is 0 Å². The van der Waals surface area contributed by atoms with Crippen molar-refractivity contribution in [2.75, 3.05) is 12.4 Å². The molecule has 0 unspecified atom stereocenters. The van der Waals surface area contributed by atoms with E-state index in [4.69, 9.17) is 4.74 Å². The van der Waals surface area contributed by atoms with Gasteiger partial charge in [0.05, 0.1) is 24.5 Å². The fourth-order valence-corrected chi connectivity index (χ4v) is 2.82. The molecule has 0 amide bonds. The van der Waals surface area contributed by atoms with Gasteiger partial charge in [-0.2, -0.15) is 0 Å². The van der Waals surface area contributed by atoms with Crippen LogP contribution in [-0.2, 0) is 4.74 Å². The number of nitrogens with one attached hydrogen (secondary N) is 1. The molecule has 6 heteroatoms. The quantitative estimate of drug-likeness (QED) is 0.749. The van der Waals surface area contributed by atoms with Gasteiger partial charge in [0.2, 0.25) is 0 Å². The van der Waals surface area contributed by atoms with Crippen molar-refractivity contribution in [1.82, 2.24) is 9.97 Å². The topological polar surface area (TPSA) is 64.1 Å². The summed E-state index contributed by atoms with van der Waals surface area (Å²) in [6.45, 7) is 1.84. The number of benzene rings is 1. The second kappa shape index (κ2) is 5.49. The molecule has 5 nitrogen and oxygen atoms in total.